The maximum absolute atomic E-state index is 9.54. The van der Waals surface area contributed by atoms with Gasteiger partial charge in [0.25, 0.3) is 0 Å². The Morgan fingerprint density at radius 1 is 1.32 bits per heavy atom. The van der Waals surface area contributed by atoms with Crippen molar-refractivity contribution in [2.75, 3.05) is 39.3 Å². The number of rotatable bonds is 8. The summed E-state index contributed by atoms with van der Waals surface area (Å²) in [7, 11) is 0. The van der Waals surface area contributed by atoms with Gasteiger partial charge < -0.3 is 20.6 Å². The Labute approximate surface area is 155 Å². The van der Waals surface area contributed by atoms with Crippen molar-refractivity contribution in [3.8, 4) is 0 Å². The van der Waals surface area contributed by atoms with Crippen molar-refractivity contribution in [2.24, 2.45) is 4.99 Å². The lowest BCUT2D eigenvalue weighted by Crippen LogP contribution is -2.39. The second-order valence-electron chi connectivity index (χ2n) is 6.61. The van der Waals surface area contributed by atoms with E-state index in [9.17, 15) is 5.11 Å². The SMILES string of the molecule is CCNC(=NCCCN1CCC(O)CC1)NCCc1nc(C)c(C)s1. The van der Waals surface area contributed by atoms with Crippen molar-refractivity contribution in [3.05, 3.63) is 15.6 Å². The maximum Gasteiger partial charge on any atom is 0.191 e. The number of nitrogens with zero attached hydrogens (tertiary/aromatic N) is 3. The zero-order chi connectivity index (χ0) is 18.1. The first kappa shape index (κ1) is 20.1. The second kappa shape index (κ2) is 10.7. The quantitative estimate of drug-likeness (QED) is 0.371. The van der Waals surface area contributed by atoms with E-state index in [1.54, 1.807) is 11.3 Å². The van der Waals surface area contributed by atoms with Crippen molar-refractivity contribution in [1.82, 2.24) is 20.5 Å². The van der Waals surface area contributed by atoms with Crippen LogP contribution >= 0.6 is 11.3 Å². The molecule has 0 atom stereocenters. The molecule has 7 heteroatoms. The molecule has 25 heavy (non-hydrogen) atoms. The Hall–Kier alpha value is -1.18. The normalized spacial score (nSPS) is 17.0. The summed E-state index contributed by atoms with van der Waals surface area (Å²) < 4.78 is 0. The van der Waals surface area contributed by atoms with Crippen LogP contribution in [-0.4, -0.2) is 66.3 Å². The fourth-order valence-corrected chi connectivity index (χ4v) is 3.84. The molecule has 0 bridgehead atoms. The van der Waals surface area contributed by atoms with Crippen LogP contribution in [0.5, 0.6) is 0 Å². The summed E-state index contributed by atoms with van der Waals surface area (Å²) in [6.45, 7) is 11.9. The number of thiazole rings is 1. The maximum atomic E-state index is 9.54. The lowest BCUT2D eigenvalue weighted by Gasteiger charge is -2.29. The van der Waals surface area contributed by atoms with Gasteiger partial charge in [0.15, 0.2) is 5.96 Å². The number of likely N-dealkylation sites (tertiary alicyclic amines) is 1. The molecule has 6 nitrogen and oxygen atoms in total. The average molecular weight is 368 g/mol. The molecule has 0 unspecified atom stereocenters. The van der Waals surface area contributed by atoms with E-state index in [0.29, 0.717) is 0 Å². The van der Waals surface area contributed by atoms with Gasteiger partial charge in [-0.15, -0.1) is 11.3 Å². The van der Waals surface area contributed by atoms with E-state index in [1.165, 1.54) is 9.88 Å². The molecule has 2 rings (SSSR count). The number of piperidine rings is 1. The third kappa shape index (κ3) is 7.30. The lowest BCUT2D eigenvalue weighted by atomic mass is 10.1. The minimum atomic E-state index is -0.0933. The fraction of sp³-hybridized carbons (Fsp3) is 0.778. The van der Waals surface area contributed by atoms with E-state index in [4.69, 9.17) is 0 Å². The summed E-state index contributed by atoms with van der Waals surface area (Å²) in [4.78, 5) is 13.0. The number of guanidine groups is 1. The molecule has 1 fully saturated rings. The summed E-state index contributed by atoms with van der Waals surface area (Å²) in [5.74, 6) is 0.890. The van der Waals surface area contributed by atoms with E-state index in [0.717, 1.165) is 76.6 Å². The smallest absolute Gasteiger partial charge is 0.191 e. The Bertz CT molecular complexity index is 518. The number of aliphatic imine (C=N–C) groups is 1. The summed E-state index contributed by atoms with van der Waals surface area (Å²) in [6.07, 6.45) is 3.70. The molecule has 2 heterocycles. The Kier molecular flexibility index (Phi) is 8.64. The molecule has 1 aliphatic rings. The zero-order valence-corrected chi connectivity index (χ0v) is 16.7. The summed E-state index contributed by atoms with van der Waals surface area (Å²) >= 11 is 1.78. The number of aliphatic hydroxyl groups excluding tert-OH is 1. The van der Waals surface area contributed by atoms with E-state index < -0.39 is 0 Å². The number of nitrogens with one attached hydrogen (secondary N) is 2. The summed E-state index contributed by atoms with van der Waals surface area (Å²) in [6, 6.07) is 0. The highest BCUT2D eigenvalue weighted by Crippen LogP contribution is 2.16. The monoisotopic (exact) mass is 367 g/mol. The number of hydrogen-bond donors (Lipinski definition) is 3. The largest absolute Gasteiger partial charge is 0.393 e. The molecule has 0 saturated carbocycles. The zero-order valence-electron chi connectivity index (χ0n) is 15.8. The van der Waals surface area contributed by atoms with Gasteiger partial charge in [-0.05, 0) is 46.6 Å². The first-order chi connectivity index (χ1) is 12.1. The molecule has 0 spiro atoms. The van der Waals surface area contributed by atoms with Gasteiger partial charge in [0.05, 0.1) is 16.8 Å². The number of aryl methyl sites for hydroxylation is 2. The molecule has 1 aromatic rings. The van der Waals surface area contributed by atoms with Gasteiger partial charge >= 0.3 is 0 Å². The second-order valence-corrected chi connectivity index (χ2v) is 7.90. The molecule has 1 saturated heterocycles. The van der Waals surface area contributed by atoms with E-state index in [1.807, 2.05) is 0 Å². The van der Waals surface area contributed by atoms with E-state index >= 15 is 0 Å². The average Bonchev–Trinajstić information content (AvgIpc) is 2.91. The molecule has 0 amide bonds. The molecule has 1 aliphatic heterocycles. The van der Waals surface area contributed by atoms with Crippen LogP contribution in [0.25, 0.3) is 0 Å². The molecule has 0 aliphatic carbocycles. The number of hydrogen-bond acceptors (Lipinski definition) is 5. The van der Waals surface area contributed by atoms with Gasteiger partial charge in [-0.1, -0.05) is 0 Å². The van der Waals surface area contributed by atoms with Crippen molar-refractivity contribution in [3.63, 3.8) is 0 Å². The van der Waals surface area contributed by atoms with Gasteiger partial charge in [-0.2, -0.15) is 0 Å². The fourth-order valence-electron chi connectivity index (χ4n) is 2.90. The highest BCUT2D eigenvalue weighted by molar-refractivity contribution is 7.11. The third-order valence-electron chi connectivity index (χ3n) is 4.51. The molecule has 0 radical (unpaired) electrons. The van der Waals surface area contributed by atoms with Crippen LogP contribution in [0.3, 0.4) is 0 Å². The van der Waals surface area contributed by atoms with Crippen molar-refractivity contribution < 1.29 is 5.11 Å². The highest BCUT2D eigenvalue weighted by Gasteiger charge is 2.15. The van der Waals surface area contributed by atoms with Gasteiger partial charge in [0.2, 0.25) is 0 Å². The van der Waals surface area contributed by atoms with Crippen molar-refractivity contribution in [2.45, 2.75) is 52.6 Å². The van der Waals surface area contributed by atoms with Crippen LogP contribution in [0.15, 0.2) is 4.99 Å². The molecule has 1 aromatic heterocycles. The standard InChI is InChI=1S/C18H33N5OS/c1-4-19-18(21-10-6-17-22-14(2)15(3)25-17)20-9-5-11-23-12-7-16(24)8-13-23/h16,24H,4-13H2,1-3H3,(H2,19,20,21). The Morgan fingerprint density at radius 3 is 2.72 bits per heavy atom. The molecule has 0 aromatic carbocycles. The van der Waals surface area contributed by atoms with Gasteiger partial charge in [-0.3, -0.25) is 4.99 Å². The van der Waals surface area contributed by atoms with Crippen molar-refractivity contribution in [1.29, 1.82) is 0 Å². The third-order valence-corrected chi connectivity index (χ3v) is 5.64. The Balaban J connectivity index is 1.66. The van der Waals surface area contributed by atoms with Crippen molar-refractivity contribution >= 4 is 17.3 Å². The van der Waals surface area contributed by atoms with Gasteiger partial charge in [-0.25, -0.2) is 4.98 Å². The highest BCUT2D eigenvalue weighted by atomic mass is 32.1. The van der Waals surface area contributed by atoms with E-state index in [2.05, 4.69) is 46.3 Å². The minimum Gasteiger partial charge on any atom is -0.393 e. The van der Waals surface area contributed by atoms with Crippen LogP contribution < -0.4 is 10.6 Å². The van der Waals surface area contributed by atoms with Gasteiger partial charge in [0, 0.05) is 44.0 Å². The molecule has 142 valence electrons. The lowest BCUT2D eigenvalue weighted by molar-refractivity contribution is 0.0824. The van der Waals surface area contributed by atoms with Crippen LogP contribution in [-0.2, 0) is 6.42 Å². The number of aliphatic hydroxyl groups is 1. The predicted octanol–water partition coefficient (Wildman–Crippen LogP) is 1.70. The summed E-state index contributed by atoms with van der Waals surface area (Å²) in [5.41, 5.74) is 1.14. The molecule has 3 N–H and O–H groups in total. The van der Waals surface area contributed by atoms with Crippen LogP contribution in [0.2, 0.25) is 0 Å². The van der Waals surface area contributed by atoms with Gasteiger partial charge in [0.1, 0.15) is 0 Å². The molecular weight excluding hydrogens is 334 g/mol. The van der Waals surface area contributed by atoms with E-state index in [-0.39, 0.29) is 6.10 Å². The van der Waals surface area contributed by atoms with Crippen LogP contribution in [0.4, 0.5) is 0 Å². The molecular formula is C18H33N5OS. The topological polar surface area (TPSA) is 72.8 Å². The summed E-state index contributed by atoms with van der Waals surface area (Å²) in [5, 5.41) is 17.4. The van der Waals surface area contributed by atoms with Crippen LogP contribution in [0.1, 0.15) is 41.8 Å². The van der Waals surface area contributed by atoms with Crippen LogP contribution in [0, 0.1) is 13.8 Å². The number of aromatic nitrogens is 1. The first-order valence-electron chi connectivity index (χ1n) is 9.44. The Morgan fingerprint density at radius 2 is 2.08 bits per heavy atom. The minimum absolute atomic E-state index is 0.0933. The first-order valence-corrected chi connectivity index (χ1v) is 10.3. The predicted molar refractivity (Wildman–Crippen MR) is 106 cm³/mol.